The van der Waals surface area contributed by atoms with Crippen LogP contribution in [0.5, 0.6) is 0 Å². The largest absolute Gasteiger partial charge is 0.476 e. The van der Waals surface area contributed by atoms with Gasteiger partial charge < -0.3 is 14.6 Å². The van der Waals surface area contributed by atoms with Crippen LogP contribution in [0.1, 0.15) is 21.0 Å². The van der Waals surface area contributed by atoms with Crippen LogP contribution in [0.15, 0.2) is 35.0 Å². The van der Waals surface area contributed by atoms with Crippen LogP contribution in [0.25, 0.3) is 17.0 Å². The Morgan fingerprint density at radius 2 is 2.00 bits per heavy atom. The van der Waals surface area contributed by atoms with Gasteiger partial charge >= 0.3 is 11.9 Å². The van der Waals surface area contributed by atoms with E-state index in [0.717, 1.165) is 0 Å². The maximum atomic E-state index is 11.0. The van der Waals surface area contributed by atoms with E-state index in [4.69, 9.17) is 14.6 Å². The number of aromatic nitrogens is 3. The minimum absolute atomic E-state index is 0.0963. The molecule has 0 amide bonds. The Bertz CT molecular complexity index is 801. The molecule has 0 spiro atoms. The number of nitrogens with zero attached hydrogens (tertiary/aromatic N) is 3. The second kappa shape index (κ2) is 4.19. The molecule has 8 nitrogen and oxygen atoms in total. The number of fused-ring (bicyclic) bond motifs is 1. The Hall–Kier alpha value is -3.16. The molecule has 8 heteroatoms. The van der Waals surface area contributed by atoms with Crippen molar-refractivity contribution in [3.8, 4) is 11.5 Å². The summed E-state index contributed by atoms with van der Waals surface area (Å²) in [7, 11) is 0. The van der Waals surface area contributed by atoms with Gasteiger partial charge in [0.2, 0.25) is 17.3 Å². The fourth-order valence-corrected chi connectivity index (χ4v) is 1.82. The van der Waals surface area contributed by atoms with Crippen LogP contribution in [0.3, 0.4) is 0 Å². The smallest absolute Gasteiger partial charge is 0.374 e. The van der Waals surface area contributed by atoms with Gasteiger partial charge in [-0.05, 0) is 12.1 Å². The molecule has 3 aromatic heterocycles. The van der Waals surface area contributed by atoms with Crippen LogP contribution in [0, 0.1) is 0 Å². The Kier molecular flexibility index (Phi) is 2.50. The monoisotopic (exact) mass is 273 g/mol. The average molecular weight is 273 g/mol. The van der Waals surface area contributed by atoms with Gasteiger partial charge in [0.1, 0.15) is 0 Å². The summed E-state index contributed by atoms with van der Waals surface area (Å²) < 4.78 is 6.59. The van der Waals surface area contributed by atoms with Crippen LogP contribution in [-0.2, 0) is 0 Å². The van der Waals surface area contributed by atoms with Crippen LogP contribution >= 0.6 is 0 Å². The van der Waals surface area contributed by atoms with Crippen molar-refractivity contribution in [2.24, 2.45) is 0 Å². The zero-order chi connectivity index (χ0) is 14.3. The van der Waals surface area contributed by atoms with Crippen LogP contribution < -0.4 is 0 Å². The fraction of sp³-hybridized carbons (Fsp3) is 0. The van der Waals surface area contributed by atoms with Crippen LogP contribution in [0.2, 0.25) is 0 Å². The molecule has 0 fully saturated rings. The molecular formula is C12H7N3O5. The minimum Gasteiger partial charge on any atom is -0.476 e. The predicted octanol–water partition coefficient (Wildman–Crippen LogP) is 1.39. The van der Waals surface area contributed by atoms with E-state index < -0.39 is 23.4 Å². The normalized spacial score (nSPS) is 10.8. The molecule has 3 rings (SSSR count). The lowest BCUT2D eigenvalue weighted by Gasteiger charge is -1.93. The van der Waals surface area contributed by atoms with E-state index in [2.05, 4.69) is 10.1 Å². The van der Waals surface area contributed by atoms with E-state index in [-0.39, 0.29) is 5.89 Å². The Labute approximate surface area is 110 Å². The molecule has 0 saturated heterocycles. The molecular weight excluding hydrogens is 266 g/mol. The van der Waals surface area contributed by atoms with Crippen LogP contribution in [-0.4, -0.2) is 36.7 Å². The summed E-state index contributed by atoms with van der Waals surface area (Å²) >= 11 is 0. The van der Waals surface area contributed by atoms with Crippen molar-refractivity contribution in [1.29, 1.82) is 0 Å². The Morgan fingerprint density at radius 3 is 2.65 bits per heavy atom. The zero-order valence-corrected chi connectivity index (χ0v) is 9.85. The van der Waals surface area contributed by atoms with E-state index in [1.54, 1.807) is 28.9 Å². The molecule has 2 N–H and O–H groups in total. The number of oxazole rings is 1. The average Bonchev–Trinajstić information content (AvgIpc) is 3.02. The predicted molar refractivity (Wildman–Crippen MR) is 64.6 cm³/mol. The van der Waals surface area contributed by atoms with Gasteiger partial charge in [0, 0.05) is 6.20 Å². The maximum Gasteiger partial charge on any atom is 0.374 e. The molecule has 20 heavy (non-hydrogen) atoms. The van der Waals surface area contributed by atoms with Crippen molar-refractivity contribution in [3.63, 3.8) is 0 Å². The standard InChI is InChI=1S/C12H7N3O5/c16-11(17)8-9(12(18)19)20-10(14-8)6-5-13-15-4-2-1-3-7(6)15/h1-5H,(H,16,17)(H,18,19). The first-order valence-corrected chi connectivity index (χ1v) is 5.48. The molecule has 3 heterocycles. The summed E-state index contributed by atoms with van der Waals surface area (Å²) in [5.41, 5.74) is 0.408. The molecule has 0 radical (unpaired) electrons. The first kappa shape index (κ1) is 11.9. The SMILES string of the molecule is O=C(O)c1nc(-c2cnn3ccccc23)oc1C(=O)O. The van der Waals surface area contributed by atoms with Gasteiger partial charge in [0.15, 0.2) is 0 Å². The number of hydrogen-bond acceptors (Lipinski definition) is 5. The summed E-state index contributed by atoms with van der Waals surface area (Å²) in [5, 5.41) is 21.9. The van der Waals surface area contributed by atoms with E-state index in [1.807, 2.05) is 0 Å². The maximum absolute atomic E-state index is 11.0. The van der Waals surface area contributed by atoms with Gasteiger partial charge in [-0.15, -0.1) is 0 Å². The lowest BCUT2D eigenvalue weighted by molar-refractivity contribution is 0.0624. The van der Waals surface area contributed by atoms with Gasteiger partial charge in [-0.25, -0.2) is 19.1 Å². The molecule has 0 aliphatic heterocycles. The third-order valence-corrected chi connectivity index (χ3v) is 2.68. The summed E-state index contributed by atoms with van der Waals surface area (Å²) in [4.78, 5) is 25.6. The highest BCUT2D eigenvalue weighted by Gasteiger charge is 2.26. The van der Waals surface area contributed by atoms with E-state index >= 15 is 0 Å². The highest BCUT2D eigenvalue weighted by molar-refractivity contribution is 5.99. The molecule has 0 saturated carbocycles. The number of carboxylic acids is 2. The highest BCUT2D eigenvalue weighted by Crippen LogP contribution is 2.26. The van der Waals surface area contributed by atoms with Crippen molar-refractivity contribution in [1.82, 2.24) is 14.6 Å². The van der Waals surface area contributed by atoms with E-state index in [9.17, 15) is 9.59 Å². The van der Waals surface area contributed by atoms with Crippen molar-refractivity contribution in [2.75, 3.05) is 0 Å². The molecule has 0 aliphatic carbocycles. The topological polar surface area (TPSA) is 118 Å². The van der Waals surface area contributed by atoms with Crippen molar-refractivity contribution in [3.05, 3.63) is 42.0 Å². The van der Waals surface area contributed by atoms with E-state index in [0.29, 0.717) is 11.1 Å². The van der Waals surface area contributed by atoms with Crippen molar-refractivity contribution >= 4 is 17.5 Å². The number of carbonyl (C=O) groups is 2. The lowest BCUT2D eigenvalue weighted by atomic mass is 10.2. The highest BCUT2D eigenvalue weighted by atomic mass is 16.4. The zero-order valence-electron chi connectivity index (χ0n) is 9.85. The molecule has 0 atom stereocenters. The second-order valence-electron chi connectivity index (χ2n) is 3.90. The first-order valence-electron chi connectivity index (χ1n) is 5.48. The van der Waals surface area contributed by atoms with Gasteiger partial charge in [0.05, 0.1) is 17.3 Å². The third kappa shape index (κ3) is 1.70. The third-order valence-electron chi connectivity index (χ3n) is 2.68. The molecule has 0 bridgehead atoms. The summed E-state index contributed by atoms with van der Waals surface area (Å²) in [6.07, 6.45) is 3.12. The number of aromatic carboxylic acids is 2. The lowest BCUT2D eigenvalue weighted by Crippen LogP contribution is -2.05. The second-order valence-corrected chi connectivity index (χ2v) is 3.90. The fourth-order valence-electron chi connectivity index (χ4n) is 1.82. The number of rotatable bonds is 3. The summed E-state index contributed by atoms with van der Waals surface area (Å²) in [6.45, 7) is 0. The molecule has 0 aromatic carbocycles. The van der Waals surface area contributed by atoms with Gasteiger partial charge in [0.25, 0.3) is 0 Å². The van der Waals surface area contributed by atoms with Crippen LogP contribution in [0.4, 0.5) is 0 Å². The summed E-state index contributed by atoms with van der Waals surface area (Å²) in [5.74, 6) is -3.75. The van der Waals surface area contributed by atoms with Crippen molar-refractivity contribution < 1.29 is 24.2 Å². The van der Waals surface area contributed by atoms with E-state index in [1.165, 1.54) is 6.20 Å². The summed E-state index contributed by atoms with van der Waals surface area (Å²) in [6, 6.07) is 5.26. The van der Waals surface area contributed by atoms with Gasteiger partial charge in [-0.3, -0.25) is 0 Å². The Morgan fingerprint density at radius 1 is 1.20 bits per heavy atom. The molecule has 0 aliphatic rings. The molecule has 100 valence electrons. The molecule has 3 aromatic rings. The number of pyridine rings is 1. The molecule has 0 unspecified atom stereocenters. The quantitative estimate of drug-likeness (QED) is 0.740. The number of carboxylic acid groups (broad SMARTS) is 2. The van der Waals surface area contributed by atoms with Gasteiger partial charge in [-0.2, -0.15) is 5.10 Å². The Balaban J connectivity index is 2.22. The first-order chi connectivity index (χ1) is 9.58. The minimum atomic E-state index is -1.49. The number of hydrogen-bond donors (Lipinski definition) is 2. The van der Waals surface area contributed by atoms with Gasteiger partial charge in [-0.1, -0.05) is 6.07 Å². The van der Waals surface area contributed by atoms with Crippen molar-refractivity contribution in [2.45, 2.75) is 0 Å².